The number of thiazole rings is 1. The summed E-state index contributed by atoms with van der Waals surface area (Å²) in [7, 11) is 0. The summed E-state index contributed by atoms with van der Waals surface area (Å²) in [6, 6.07) is 8.87. The molecule has 0 atom stereocenters. The molecule has 1 aromatic heterocycles. The molecule has 112 valence electrons. The number of phenols is 2. The van der Waals surface area contributed by atoms with E-state index in [9.17, 15) is 14.6 Å². The van der Waals surface area contributed by atoms with Crippen molar-refractivity contribution in [3.8, 4) is 22.8 Å². The van der Waals surface area contributed by atoms with Gasteiger partial charge in [-0.1, -0.05) is 17.7 Å². The molecule has 2 aromatic carbocycles. The van der Waals surface area contributed by atoms with Crippen LogP contribution in [0, 0.1) is 5.82 Å². The van der Waals surface area contributed by atoms with Crippen LogP contribution in [0.2, 0.25) is 5.02 Å². The van der Waals surface area contributed by atoms with Crippen molar-refractivity contribution in [2.45, 2.75) is 6.42 Å². The third-order valence-electron chi connectivity index (χ3n) is 3.20. The summed E-state index contributed by atoms with van der Waals surface area (Å²) in [6.45, 7) is 0. The van der Waals surface area contributed by atoms with Crippen molar-refractivity contribution in [3.05, 3.63) is 63.2 Å². The molecule has 22 heavy (non-hydrogen) atoms. The van der Waals surface area contributed by atoms with Gasteiger partial charge in [0.05, 0.1) is 10.7 Å². The number of phenolic OH excluding ortho intramolecular Hbond substituents is 2. The molecule has 1 heterocycles. The molecule has 0 unspecified atom stereocenters. The second-order valence-corrected chi connectivity index (χ2v) is 6.05. The van der Waals surface area contributed by atoms with E-state index < -0.39 is 0 Å². The monoisotopic (exact) mass is 335 g/mol. The topological polar surface area (TPSA) is 53.4 Å². The van der Waals surface area contributed by atoms with Crippen LogP contribution in [-0.2, 0) is 6.42 Å². The molecule has 0 aliphatic carbocycles. The van der Waals surface area contributed by atoms with Crippen LogP contribution in [-0.4, -0.2) is 15.2 Å². The van der Waals surface area contributed by atoms with Gasteiger partial charge in [-0.2, -0.15) is 0 Å². The molecule has 0 saturated carbocycles. The smallest absolute Gasteiger partial charge is 0.128 e. The minimum atomic E-state index is -0.364. The Morgan fingerprint density at radius 1 is 1.18 bits per heavy atom. The lowest BCUT2D eigenvalue weighted by Crippen LogP contribution is -1.93. The highest BCUT2D eigenvalue weighted by molar-refractivity contribution is 7.10. The van der Waals surface area contributed by atoms with Gasteiger partial charge in [-0.3, -0.25) is 0 Å². The van der Waals surface area contributed by atoms with E-state index in [1.54, 1.807) is 23.6 Å². The van der Waals surface area contributed by atoms with Gasteiger partial charge in [-0.15, -0.1) is 11.3 Å². The second kappa shape index (κ2) is 5.94. The molecule has 0 fully saturated rings. The first kappa shape index (κ1) is 14.8. The molecule has 0 bridgehead atoms. The molecule has 2 N–H and O–H groups in total. The SMILES string of the molecule is Oc1ccc(-c2csc(Cc3c(F)cccc3Cl)n2)c(O)c1. The van der Waals surface area contributed by atoms with Gasteiger partial charge in [0.2, 0.25) is 0 Å². The number of benzene rings is 2. The maximum absolute atomic E-state index is 13.8. The summed E-state index contributed by atoms with van der Waals surface area (Å²) >= 11 is 7.37. The van der Waals surface area contributed by atoms with Crippen molar-refractivity contribution in [1.29, 1.82) is 0 Å². The lowest BCUT2D eigenvalue weighted by molar-refractivity contribution is 0.452. The van der Waals surface area contributed by atoms with Gasteiger partial charge >= 0.3 is 0 Å². The van der Waals surface area contributed by atoms with Gasteiger partial charge in [0.1, 0.15) is 17.3 Å². The third-order valence-corrected chi connectivity index (χ3v) is 4.40. The van der Waals surface area contributed by atoms with Crippen LogP contribution in [0.3, 0.4) is 0 Å². The third kappa shape index (κ3) is 2.91. The van der Waals surface area contributed by atoms with Gasteiger partial charge in [0, 0.05) is 34.0 Å². The Bertz CT molecular complexity index is 815. The van der Waals surface area contributed by atoms with Crippen molar-refractivity contribution >= 4 is 22.9 Å². The zero-order valence-electron chi connectivity index (χ0n) is 11.3. The molecule has 6 heteroatoms. The molecular weight excluding hydrogens is 325 g/mol. The predicted molar refractivity (Wildman–Crippen MR) is 85.1 cm³/mol. The number of hydrogen-bond acceptors (Lipinski definition) is 4. The zero-order chi connectivity index (χ0) is 15.7. The lowest BCUT2D eigenvalue weighted by atomic mass is 10.1. The molecular formula is C16H11ClFNO2S. The summed E-state index contributed by atoms with van der Waals surface area (Å²) < 4.78 is 13.8. The first-order chi connectivity index (χ1) is 10.5. The van der Waals surface area contributed by atoms with Crippen LogP contribution in [0.5, 0.6) is 11.5 Å². The molecule has 0 spiro atoms. The van der Waals surface area contributed by atoms with E-state index in [-0.39, 0.29) is 23.7 Å². The first-order valence-electron chi connectivity index (χ1n) is 6.44. The first-order valence-corrected chi connectivity index (χ1v) is 7.70. The minimum absolute atomic E-state index is 0.0187. The summed E-state index contributed by atoms with van der Waals surface area (Å²) in [5.74, 6) is -0.438. The van der Waals surface area contributed by atoms with Crippen molar-refractivity contribution in [2.75, 3.05) is 0 Å². The van der Waals surface area contributed by atoms with Gasteiger partial charge in [-0.25, -0.2) is 9.37 Å². The standard InChI is InChI=1S/C16H11ClFNO2S/c17-12-2-1-3-13(18)11(12)7-16-19-14(8-22-16)10-5-4-9(20)6-15(10)21/h1-6,8,20-21H,7H2. The Morgan fingerprint density at radius 3 is 2.73 bits per heavy atom. The summed E-state index contributed by atoms with van der Waals surface area (Å²) in [4.78, 5) is 4.40. The van der Waals surface area contributed by atoms with Crippen LogP contribution in [0.15, 0.2) is 41.8 Å². The van der Waals surface area contributed by atoms with Crippen LogP contribution in [0.1, 0.15) is 10.6 Å². The Hall–Kier alpha value is -2.11. The number of aromatic nitrogens is 1. The molecule has 3 nitrogen and oxygen atoms in total. The second-order valence-electron chi connectivity index (χ2n) is 4.70. The largest absolute Gasteiger partial charge is 0.508 e. The summed E-state index contributed by atoms with van der Waals surface area (Å²) in [6.07, 6.45) is 0.287. The van der Waals surface area contributed by atoms with Gasteiger partial charge in [-0.05, 0) is 24.3 Å². The van der Waals surface area contributed by atoms with Crippen LogP contribution >= 0.6 is 22.9 Å². The van der Waals surface area contributed by atoms with Crippen molar-refractivity contribution in [2.24, 2.45) is 0 Å². The average Bonchev–Trinajstić information content (AvgIpc) is 2.91. The Morgan fingerprint density at radius 2 is 2.00 bits per heavy atom. The Kier molecular flexibility index (Phi) is 4.00. The highest BCUT2D eigenvalue weighted by Crippen LogP contribution is 2.33. The van der Waals surface area contributed by atoms with Crippen molar-refractivity contribution < 1.29 is 14.6 Å². The Labute approximate surface area is 135 Å². The maximum Gasteiger partial charge on any atom is 0.128 e. The number of hydrogen-bond donors (Lipinski definition) is 2. The minimum Gasteiger partial charge on any atom is -0.508 e. The van der Waals surface area contributed by atoms with Gasteiger partial charge in [0.25, 0.3) is 0 Å². The quantitative estimate of drug-likeness (QED) is 0.735. The van der Waals surface area contributed by atoms with Gasteiger partial charge in [0.15, 0.2) is 0 Å². The number of aromatic hydroxyl groups is 2. The molecule has 0 radical (unpaired) electrons. The van der Waals surface area contributed by atoms with Crippen LogP contribution in [0.25, 0.3) is 11.3 Å². The van der Waals surface area contributed by atoms with E-state index in [0.717, 1.165) is 0 Å². The normalized spacial score (nSPS) is 10.8. The van der Waals surface area contributed by atoms with Crippen LogP contribution < -0.4 is 0 Å². The average molecular weight is 336 g/mol. The molecule has 0 aliphatic heterocycles. The van der Waals surface area contributed by atoms with Crippen molar-refractivity contribution in [3.63, 3.8) is 0 Å². The highest BCUT2D eigenvalue weighted by atomic mass is 35.5. The van der Waals surface area contributed by atoms with E-state index >= 15 is 0 Å². The number of halogens is 2. The van der Waals surface area contributed by atoms with E-state index in [1.807, 2.05) is 0 Å². The summed E-state index contributed by atoms with van der Waals surface area (Å²) in [5, 5.41) is 22.0. The lowest BCUT2D eigenvalue weighted by Gasteiger charge is -2.03. The predicted octanol–water partition coefficient (Wildman–Crippen LogP) is 4.60. The fourth-order valence-corrected chi connectivity index (χ4v) is 3.14. The van der Waals surface area contributed by atoms with Crippen molar-refractivity contribution in [1.82, 2.24) is 4.98 Å². The van der Waals surface area contributed by atoms with Crippen LogP contribution in [0.4, 0.5) is 4.39 Å². The molecule has 0 saturated heterocycles. The fourth-order valence-electron chi connectivity index (χ4n) is 2.10. The molecule has 3 aromatic rings. The van der Waals surface area contributed by atoms with E-state index in [1.165, 1.54) is 29.5 Å². The van der Waals surface area contributed by atoms with E-state index in [4.69, 9.17) is 11.6 Å². The van der Waals surface area contributed by atoms with Gasteiger partial charge < -0.3 is 10.2 Å². The van der Waals surface area contributed by atoms with E-state index in [2.05, 4.69) is 4.98 Å². The maximum atomic E-state index is 13.8. The molecule has 0 amide bonds. The zero-order valence-corrected chi connectivity index (χ0v) is 12.8. The Balaban J connectivity index is 1.91. The summed E-state index contributed by atoms with van der Waals surface area (Å²) in [5.41, 5.74) is 1.49. The molecule has 0 aliphatic rings. The highest BCUT2D eigenvalue weighted by Gasteiger charge is 2.13. The number of rotatable bonds is 3. The molecule has 3 rings (SSSR count). The van der Waals surface area contributed by atoms with E-state index in [0.29, 0.717) is 26.9 Å². The number of nitrogens with zero attached hydrogens (tertiary/aromatic N) is 1. The fraction of sp³-hybridized carbons (Fsp3) is 0.0625.